The molecule has 0 saturated heterocycles. The minimum atomic E-state index is 0.573. The molecule has 18 heavy (non-hydrogen) atoms. The summed E-state index contributed by atoms with van der Waals surface area (Å²) in [6, 6.07) is 0. The van der Waals surface area contributed by atoms with E-state index in [1.807, 2.05) is 0 Å². The summed E-state index contributed by atoms with van der Waals surface area (Å²) in [5.74, 6) is 3.84. The third-order valence-electron chi connectivity index (χ3n) is 3.94. The van der Waals surface area contributed by atoms with Gasteiger partial charge in [0.05, 0.1) is 0 Å². The van der Waals surface area contributed by atoms with Gasteiger partial charge in [-0.2, -0.15) is 5.10 Å². The van der Waals surface area contributed by atoms with E-state index >= 15 is 0 Å². The second-order valence-corrected chi connectivity index (χ2v) is 6.22. The van der Waals surface area contributed by atoms with Gasteiger partial charge in [-0.05, 0) is 17.8 Å². The van der Waals surface area contributed by atoms with Crippen LogP contribution in [0.2, 0.25) is 0 Å². The number of aromatic nitrogens is 3. The van der Waals surface area contributed by atoms with Crippen molar-refractivity contribution in [1.29, 1.82) is 0 Å². The smallest absolute Gasteiger partial charge is 0.138 e. The predicted molar refractivity (Wildman–Crippen MR) is 74.7 cm³/mol. The fourth-order valence-corrected chi connectivity index (χ4v) is 3.32. The Balaban J connectivity index is 2.00. The molecule has 2 rings (SSSR count). The Morgan fingerprint density at radius 3 is 2.72 bits per heavy atom. The molecule has 1 fully saturated rings. The molecule has 0 radical (unpaired) electrons. The second-order valence-electron chi connectivity index (χ2n) is 5.92. The van der Waals surface area contributed by atoms with Gasteiger partial charge < -0.3 is 0 Å². The lowest BCUT2D eigenvalue weighted by atomic mass is 9.89. The number of alkyl halides is 1. The highest BCUT2D eigenvalue weighted by molar-refractivity contribution is 6.18. The molecule has 4 heteroatoms. The summed E-state index contributed by atoms with van der Waals surface area (Å²) in [6.07, 6.45) is 8.09. The Bertz CT molecular complexity index is 356. The summed E-state index contributed by atoms with van der Waals surface area (Å²) in [5.41, 5.74) is 0. The normalized spacial score (nSPS) is 18.7. The van der Waals surface area contributed by atoms with Gasteiger partial charge in [0.2, 0.25) is 0 Å². The molecule has 102 valence electrons. The highest BCUT2D eigenvalue weighted by Crippen LogP contribution is 2.33. The van der Waals surface area contributed by atoms with Crippen LogP contribution in [0.5, 0.6) is 0 Å². The van der Waals surface area contributed by atoms with Gasteiger partial charge in [-0.1, -0.05) is 39.5 Å². The summed E-state index contributed by atoms with van der Waals surface area (Å²) >= 11 is 6.17. The molecule has 1 aromatic heterocycles. The first-order valence-electron chi connectivity index (χ1n) is 7.13. The van der Waals surface area contributed by atoms with Crippen molar-refractivity contribution in [3.63, 3.8) is 0 Å². The van der Waals surface area contributed by atoms with Crippen LogP contribution in [-0.2, 0) is 13.0 Å². The zero-order valence-corrected chi connectivity index (χ0v) is 12.2. The van der Waals surface area contributed by atoms with Crippen molar-refractivity contribution in [2.45, 2.75) is 52.5 Å². The molecule has 0 spiro atoms. The standard InChI is InChI=1S/C14H24ClN3/c1-11(2)9-18-14(16-10-17-18)7-13(8-15)12-5-3-4-6-12/h10-13H,3-9H2,1-2H3. The molecule has 0 aliphatic heterocycles. The van der Waals surface area contributed by atoms with Gasteiger partial charge in [0.15, 0.2) is 0 Å². The summed E-state index contributed by atoms with van der Waals surface area (Å²) in [6.45, 7) is 5.37. The van der Waals surface area contributed by atoms with Crippen LogP contribution in [0.1, 0.15) is 45.4 Å². The van der Waals surface area contributed by atoms with Crippen molar-refractivity contribution < 1.29 is 0 Å². The number of hydrogen-bond donors (Lipinski definition) is 0. The third kappa shape index (κ3) is 3.47. The lowest BCUT2D eigenvalue weighted by Gasteiger charge is -2.21. The third-order valence-corrected chi connectivity index (χ3v) is 4.34. The van der Waals surface area contributed by atoms with Gasteiger partial charge in [-0.3, -0.25) is 0 Å². The van der Waals surface area contributed by atoms with Crippen LogP contribution in [0.4, 0.5) is 0 Å². The summed E-state index contributed by atoms with van der Waals surface area (Å²) in [5, 5.41) is 4.33. The highest BCUT2D eigenvalue weighted by atomic mass is 35.5. The fraction of sp³-hybridized carbons (Fsp3) is 0.857. The average molecular weight is 270 g/mol. The Hall–Kier alpha value is -0.570. The fourth-order valence-electron chi connectivity index (χ4n) is 2.96. The molecule has 0 N–H and O–H groups in total. The molecule has 1 aliphatic carbocycles. The SMILES string of the molecule is CC(C)Cn1ncnc1CC(CCl)C1CCCC1. The van der Waals surface area contributed by atoms with Gasteiger partial charge in [0.1, 0.15) is 12.2 Å². The van der Waals surface area contributed by atoms with E-state index in [2.05, 4.69) is 28.6 Å². The Morgan fingerprint density at radius 2 is 2.11 bits per heavy atom. The van der Waals surface area contributed by atoms with Crippen LogP contribution < -0.4 is 0 Å². The number of hydrogen-bond acceptors (Lipinski definition) is 2. The van der Waals surface area contributed by atoms with E-state index in [0.29, 0.717) is 11.8 Å². The molecule has 1 aromatic rings. The maximum Gasteiger partial charge on any atom is 0.138 e. The summed E-state index contributed by atoms with van der Waals surface area (Å²) in [4.78, 5) is 4.42. The number of halogens is 1. The van der Waals surface area contributed by atoms with Crippen molar-refractivity contribution in [1.82, 2.24) is 14.8 Å². The first-order valence-corrected chi connectivity index (χ1v) is 7.66. The van der Waals surface area contributed by atoms with E-state index in [4.69, 9.17) is 11.6 Å². The monoisotopic (exact) mass is 269 g/mol. The number of nitrogens with zero attached hydrogens (tertiary/aromatic N) is 3. The van der Waals surface area contributed by atoms with Crippen molar-refractivity contribution in [3.05, 3.63) is 12.2 Å². The van der Waals surface area contributed by atoms with Gasteiger partial charge >= 0.3 is 0 Å². The molecule has 0 bridgehead atoms. The first kappa shape index (κ1) is 13.9. The molecule has 1 aliphatic rings. The van der Waals surface area contributed by atoms with Crippen molar-refractivity contribution in [2.24, 2.45) is 17.8 Å². The Labute approximate surface area is 115 Å². The van der Waals surface area contributed by atoms with E-state index in [1.165, 1.54) is 25.7 Å². The highest BCUT2D eigenvalue weighted by Gasteiger charge is 2.26. The number of rotatable bonds is 6. The lowest BCUT2D eigenvalue weighted by Crippen LogP contribution is -2.20. The van der Waals surface area contributed by atoms with E-state index in [9.17, 15) is 0 Å². The van der Waals surface area contributed by atoms with Gasteiger partial charge in [-0.25, -0.2) is 9.67 Å². The van der Waals surface area contributed by atoms with Crippen LogP contribution >= 0.6 is 11.6 Å². The van der Waals surface area contributed by atoms with Gasteiger partial charge in [0, 0.05) is 18.8 Å². The van der Waals surface area contributed by atoms with Crippen LogP contribution in [0, 0.1) is 17.8 Å². The lowest BCUT2D eigenvalue weighted by molar-refractivity contribution is 0.351. The Morgan fingerprint density at radius 1 is 1.39 bits per heavy atom. The first-order chi connectivity index (χ1) is 8.70. The zero-order chi connectivity index (χ0) is 13.0. The molecule has 1 heterocycles. The molecule has 0 amide bonds. The van der Waals surface area contributed by atoms with Crippen molar-refractivity contribution in [3.8, 4) is 0 Å². The minimum absolute atomic E-state index is 0.573. The molecule has 0 aromatic carbocycles. The predicted octanol–water partition coefficient (Wildman–Crippen LogP) is 3.52. The molecular formula is C14H24ClN3. The van der Waals surface area contributed by atoms with Gasteiger partial charge in [-0.15, -0.1) is 11.6 Å². The zero-order valence-electron chi connectivity index (χ0n) is 11.5. The Kier molecular flexibility index (Phi) is 5.04. The van der Waals surface area contributed by atoms with E-state index in [0.717, 1.165) is 30.6 Å². The molecule has 3 nitrogen and oxygen atoms in total. The maximum absolute atomic E-state index is 6.17. The topological polar surface area (TPSA) is 30.7 Å². The average Bonchev–Trinajstić information content (AvgIpc) is 2.96. The molecule has 1 unspecified atom stereocenters. The van der Waals surface area contributed by atoms with Crippen LogP contribution in [0.15, 0.2) is 6.33 Å². The van der Waals surface area contributed by atoms with Crippen molar-refractivity contribution in [2.75, 3.05) is 5.88 Å². The quantitative estimate of drug-likeness (QED) is 0.740. The largest absolute Gasteiger partial charge is 0.250 e. The molecule has 1 atom stereocenters. The van der Waals surface area contributed by atoms with E-state index < -0.39 is 0 Å². The van der Waals surface area contributed by atoms with E-state index in [-0.39, 0.29) is 0 Å². The van der Waals surface area contributed by atoms with Crippen LogP contribution in [-0.4, -0.2) is 20.6 Å². The second kappa shape index (κ2) is 6.55. The maximum atomic E-state index is 6.17. The van der Waals surface area contributed by atoms with E-state index in [1.54, 1.807) is 6.33 Å². The summed E-state index contributed by atoms with van der Waals surface area (Å²) < 4.78 is 2.05. The van der Waals surface area contributed by atoms with Crippen molar-refractivity contribution >= 4 is 11.6 Å². The minimum Gasteiger partial charge on any atom is -0.250 e. The molecule has 1 saturated carbocycles. The summed E-state index contributed by atoms with van der Waals surface area (Å²) in [7, 11) is 0. The van der Waals surface area contributed by atoms with Gasteiger partial charge in [0.25, 0.3) is 0 Å². The van der Waals surface area contributed by atoms with Crippen LogP contribution in [0.3, 0.4) is 0 Å². The molecular weight excluding hydrogens is 246 g/mol. The van der Waals surface area contributed by atoms with Crippen LogP contribution in [0.25, 0.3) is 0 Å².